The molecule has 0 bridgehead atoms. The molecule has 2 N–H and O–H groups in total. The summed E-state index contributed by atoms with van der Waals surface area (Å²) in [7, 11) is -3.15. The monoisotopic (exact) mass is 458 g/mol. The van der Waals surface area contributed by atoms with Gasteiger partial charge in [0.05, 0.1) is 12.3 Å². The van der Waals surface area contributed by atoms with E-state index in [4.69, 9.17) is 4.74 Å². The molecule has 8 nitrogen and oxygen atoms in total. The minimum Gasteiger partial charge on any atom is -0.490 e. The molecular formula is C23H30N4O4S. The molecule has 1 saturated heterocycles. The van der Waals surface area contributed by atoms with Crippen molar-refractivity contribution in [2.45, 2.75) is 38.7 Å². The molecule has 32 heavy (non-hydrogen) atoms. The number of nitrogens with zero attached hydrogens (tertiary/aromatic N) is 2. The molecule has 0 radical (unpaired) electrons. The Balaban J connectivity index is 1.25. The van der Waals surface area contributed by atoms with Crippen molar-refractivity contribution >= 4 is 21.7 Å². The highest BCUT2D eigenvalue weighted by Gasteiger charge is 2.28. The Kier molecular flexibility index (Phi) is 6.86. The first-order valence-electron chi connectivity index (χ1n) is 11.1. The summed E-state index contributed by atoms with van der Waals surface area (Å²) in [6.45, 7) is 3.52. The number of benzene rings is 1. The topological polar surface area (TPSA) is 91.0 Å². The Morgan fingerprint density at radius 1 is 1.22 bits per heavy atom. The molecule has 1 fully saturated rings. The van der Waals surface area contributed by atoms with Gasteiger partial charge in [0, 0.05) is 37.4 Å². The van der Waals surface area contributed by atoms with E-state index in [1.165, 1.54) is 0 Å². The van der Waals surface area contributed by atoms with Gasteiger partial charge in [0.2, 0.25) is 10.0 Å². The van der Waals surface area contributed by atoms with Gasteiger partial charge in [-0.05, 0) is 60.8 Å². The number of rotatable bonds is 7. The molecule has 0 aromatic heterocycles. The molecule has 0 atom stereocenters. The summed E-state index contributed by atoms with van der Waals surface area (Å²) in [6, 6.07) is 7.10. The summed E-state index contributed by atoms with van der Waals surface area (Å²) >= 11 is 0. The number of ether oxygens (including phenoxy) is 1. The van der Waals surface area contributed by atoms with E-state index < -0.39 is 10.0 Å². The maximum Gasteiger partial charge on any atom is 0.326 e. The molecule has 3 heterocycles. The van der Waals surface area contributed by atoms with E-state index in [2.05, 4.69) is 10.6 Å². The van der Waals surface area contributed by atoms with Crippen LogP contribution in [0, 0.1) is 0 Å². The number of hydrogen-bond donors (Lipinski definition) is 2. The van der Waals surface area contributed by atoms with Crippen LogP contribution in [0.4, 0.5) is 10.5 Å². The molecule has 3 aliphatic heterocycles. The van der Waals surface area contributed by atoms with Crippen molar-refractivity contribution in [1.29, 1.82) is 0 Å². The zero-order valence-electron chi connectivity index (χ0n) is 18.3. The second-order valence-electron chi connectivity index (χ2n) is 8.22. The number of piperidine rings is 1. The molecule has 0 saturated carbocycles. The summed E-state index contributed by atoms with van der Waals surface area (Å²) in [5.41, 5.74) is 2.80. The van der Waals surface area contributed by atoms with Crippen molar-refractivity contribution in [2.24, 2.45) is 0 Å². The summed E-state index contributed by atoms with van der Waals surface area (Å²) in [5, 5.41) is 5.94. The summed E-state index contributed by atoms with van der Waals surface area (Å²) in [5.74, 6) is 0.938. The fourth-order valence-electron chi connectivity index (χ4n) is 3.96. The smallest absolute Gasteiger partial charge is 0.326 e. The molecule has 1 aromatic rings. The maximum atomic E-state index is 12.6. The van der Waals surface area contributed by atoms with Gasteiger partial charge in [0.1, 0.15) is 11.9 Å². The van der Waals surface area contributed by atoms with Crippen LogP contribution >= 0.6 is 0 Å². The van der Waals surface area contributed by atoms with Gasteiger partial charge in [-0.3, -0.25) is 4.90 Å². The summed E-state index contributed by atoms with van der Waals surface area (Å²) < 4.78 is 32.3. The number of carbonyl (C=O) groups is 1. The van der Waals surface area contributed by atoms with Gasteiger partial charge in [0.15, 0.2) is 0 Å². The zero-order valence-corrected chi connectivity index (χ0v) is 19.1. The van der Waals surface area contributed by atoms with Gasteiger partial charge in [-0.15, -0.1) is 0 Å². The highest BCUT2D eigenvalue weighted by atomic mass is 32.2. The van der Waals surface area contributed by atoms with Gasteiger partial charge < -0.3 is 15.4 Å². The highest BCUT2D eigenvalue weighted by Crippen LogP contribution is 2.25. The lowest BCUT2D eigenvalue weighted by molar-refractivity contribution is 0.135. The normalized spacial score (nSPS) is 19.1. The van der Waals surface area contributed by atoms with Gasteiger partial charge in [-0.25, -0.2) is 17.5 Å². The standard InChI is InChI=1S/C23H30N4O4S/c1-2-3-14-32(29,30)27-12-9-22(10-13-27)31-21-6-4-20(5-7-21)25-23(28)26-16-18-8-11-24-15-19(18)17-26/h4-8,11,15-16,22,24H,2-3,9-10,12-14,17H2,1H3,(H,25,28). The summed E-state index contributed by atoms with van der Waals surface area (Å²) in [4.78, 5) is 14.2. The number of amides is 2. The Morgan fingerprint density at radius 2 is 1.97 bits per heavy atom. The maximum absolute atomic E-state index is 12.6. The lowest BCUT2D eigenvalue weighted by atomic mass is 10.1. The minimum absolute atomic E-state index is 0.0115. The van der Waals surface area contributed by atoms with Crippen LogP contribution in [0.2, 0.25) is 0 Å². The third-order valence-electron chi connectivity index (χ3n) is 5.84. The first-order chi connectivity index (χ1) is 15.4. The number of unbranched alkanes of at least 4 members (excludes halogenated alkanes) is 1. The molecule has 0 aliphatic carbocycles. The second-order valence-corrected chi connectivity index (χ2v) is 10.3. The predicted molar refractivity (Wildman–Crippen MR) is 125 cm³/mol. The Hall–Kier alpha value is -2.78. The van der Waals surface area contributed by atoms with Crippen LogP contribution in [0.1, 0.15) is 32.6 Å². The third kappa shape index (κ3) is 5.34. The SMILES string of the molecule is CCCCS(=O)(=O)N1CCC(Oc2ccc(NC(=O)N3C=C4C=CNC=C4C3)cc2)CC1. The van der Waals surface area contributed by atoms with E-state index in [-0.39, 0.29) is 17.9 Å². The van der Waals surface area contributed by atoms with E-state index in [0.717, 1.165) is 17.6 Å². The van der Waals surface area contributed by atoms with Crippen molar-refractivity contribution in [1.82, 2.24) is 14.5 Å². The van der Waals surface area contributed by atoms with Crippen LogP contribution in [0.5, 0.6) is 5.75 Å². The van der Waals surface area contributed by atoms with Crippen molar-refractivity contribution in [3.8, 4) is 5.75 Å². The van der Waals surface area contributed by atoms with Gasteiger partial charge in [-0.1, -0.05) is 13.3 Å². The fourth-order valence-corrected chi connectivity index (χ4v) is 5.63. The molecule has 0 unspecified atom stereocenters. The lowest BCUT2D eigenvalue weighted by Gasteiger charge is -2.31. The lowest BCUT2D eigenvalue weighted by Crippen LogP contribution is -2.42. The fraction of sp³-hybridized carbons (Fsp3) is 0.435. The average molecular weight is 459 g/mol. The number of carbonyl (C=O) groups excluding carboxylic acids is 1. The van der Waals surface area contributed by atoms with Crippen LogP contribution in [-0.4, -0.2) is 55.1 Å². The van der Waals surface area contributed by atoms with Gasteiger partial charge >= 0.3 is 6.03 Å². The van der Waals surface area contributed by atoms with E-state index in [9.17, 15) is 13.2 Å². The van der Waals surface area contributed by atoms with Crippen molar-refractivity contribution in [2.75, 3.05) is 30.7 Å². The number of dihydropyridines is 1. The van der Waals surface area contributed by atoms with E-state index in [1.54, 1.807) is 9.21 Å². The number of anilines is 1. The van der Waals surface area contributed by atoms with Crippen LogP contribution in [-0.2, 0) is 10.0 Å². The van der Waals surface area contributed by atoms with Crippen molar-refractivity contribution < 1.29 is 17.9 Å². The quantitative estimate of drug-likeness (QED) is 0.654. The van der Waals surface area contributed by atoms with Crippen molar-refractivity contribution in [3.63, 3.8) is 0 Å². The van der Waals surface area contributed by atoms with Crippen LogP contribution in [0.25, 0.3) is 0 Å². The highest BCUT2D eigenvalue weighted by molar-refractivity contribution is 7.89. The largest absolute Gasteiger partial charge is 0.490 e. The van der Waals surface area contributed by atoms with Crippen LogP contribution in [0.15, 0.2) is 60.1 Å². The molecule has 9 heteroatoms. The van der Waals surface area contributed by atoms with E-state index >= 15 is 0 Å². The Labute approximate surface area is 189 Å². The molecule has 172 valence electrons. The molecule has 0 spiro atoms. The third-order valence-corrected chi connectivity index (χ3v) is 7.80. The number of fused-ring (bicyclic) bond motifs is 1. The first-order valence-corrected chi connectivity index (χ1v) is 12.7. The Morgan fingerprint density at radius 3 is 2.66 bits per heavy atom. The van der Waals surface area contributed by atoms with E-state index in [1.807, 2.05) is 55.9 Å². The molecule has 2 amide bonds. The van der Waals surface area contributed by atoms with E-state index in [0.29, 0.717) is 50.3 Å². The number of urea groups is 1. The predicted octanol–water partition coefficient (Wildman–Crippen LogP) is 3.39. The second kappa shape index (κ2) is 9.79. The van der Waals surface area contributed by atoms with Crippen LogP contribution < -0.4 is 15.4 Å². The van der Waals surface area contributed by atoms with Gasteiger partial charge in [-0.2, -0.15) is 0 Å². The molecule has 3 aliphatic rings. The number of hydrogen-bond acceptors (Lipinski definition) is 5. The zero-order chi connectivity index (χ0) is 22.6. The molecular weight excluding hydrogens is 428 g/mol. The van der Waals surface area contributed by atoms with Crippen molar-refractivity contribution in [3.05, 3.63) is 60.1 Å². The average Bonchev–Trinajstić information content (AvgIpc) is 3.24. The molecule has 4 rings (SSSR count). The number of nitrogens with one attached hydrogen (secondary N) is 2. The number of sulfonamides is 1. The first kappa shape index (κ1) is 22.4. The number of allylic oxidation sites excluding steroid dienone is 1. The van der Waals surface area contributed by atoms with Gasteiger partial charge in [0.25, 0.3) is 0 Å². The van der Waals surface area contributed by atoms with Crippen LogP contribution in [0.3, 0.4) is 0 Å². The minimum atomic E-state index is -3.15. The molecule has 1 aromatic carbocycles. The Bertz CT molecular complexity index is 1020. The summed E-state index contributed by atoms with van der Waals surface area (Å²) in [6.07, 6.45) is 10.4.